The smallest absolute Gasteiger partial charge is 0.306 e. The molecule has 362 valence electrons. The highest BCUT2D eigenvalue weighted by Crippen LogP contribution is 2.17. The van der Waals surface area contributed by atoms with Crippen LogP contribution < -0.4 is 0 Å². The Morgan fingerprint density at radius 1 is 0.262 bits per heavy atom. The van der Waals surface area contributed by atoms with Crippen molar-refractivity contribution in [2.24, 2.45) is 0 Å². The van der Waals surface area contributed by atoms with Gasteiger partial charge in [-0.1, -0.05) is 278 Å². The average Bonchev–Trinajstić information content (AvgIpc) is 3.26. The summed E-state index contributed by atoms with van der Waals surface area (Å²) in [7, 11) is 0. The normalized spacial score (nSPS) is 11.9. The van der Waals surface area contributed by atoms with Crippen LogP contribution in [0.5, 0.6) is 0 Å². The van der Waals surface area contributed by atoms with Gasteiger partial charge in [-0.2, -0.15) is 0 Å². The molecule has 0 aromatic heterocycles. The Morgan fingerprint density at radius 3 is 0.656 bits per heavy atom. The van der Waals surface area contributed by atoms with Gasteiger partial charge in [0.05, 0.1) is 0 Å². The van der Waals surface area contributed by atoms with Crippen LogP contribution in [0.2, 0.25) is 0 Å². The first kappa shape index (κ1) is 59.4. The molecule has 61 heavy (non-hydrogen) atoms. The summed E-state index contributed by atoms with van der Waals surface area (Å²) >= 11 is 0. The molecule has 0 fully saturated rings. The van der Waals surface area contributed by atoms with Gasteiger partial charge in [-0.15, -0.1) is 0 Å². The lowest BCUT2D eigenvalue weighted by Crippen LogP contribution is -2.30. The minimum absolute atomic E-state index is 0.0617. The van der Waals surface area contributed by atoms with Crippen molar-refractivity contribution in [3.05, 3.63) is 0 Å². The van der Waals surface area contributed by atoms with E-state index in [1.54, 1.807) is 0 Å². The number of ether oxygens (including phenoxy) is 3. The van der Waals surface area contributed by atoms with Gasteiger partial charge in [0.25, 0.3) is 0 Å². The minimum Gasteiger partial charge on any atom is -0.462 e. The first-order valence-corrected chi connectivity index (χ1v) is 27.5. The number of esters is 3. The van der Waals surface area contributed by atoms with Gasteiger partial charge in [-0.05, 0) is 19.3 Å². The van der Waals surface area contributed by atoms with Crippen molar-refractivity contribution in [1.82, 2.24) is 0 Å². The summed E-state index contributed by atoms with van der Waals surface area (Å²) in [6, 6.07) is 0. The number of hydrogen-bond acceptors (Lipinski definition) is 6. The summed E-state index contributed by atoms with van der Waals surface area (Å²) in [5.41, 5.74) is 0. The standard InChI is InChI=1S/C55H106O6/c1-4-7-10-13-16-19-22-23-24-25-26-27-28-29-30-31-34-36-39-42-45-48-54(57)60-51-52(61-55(58)49-46-43-40-37-33-21-18-15-12-9-6-3)50-59-53(56)47-44-41-38-35-32-20-17-14-11-8-5-2/h52H,4-51H2,1-3H3/t52-/m0/s1. The third-order valence-corrected chi connectivity index (χ3v) is 12.6. The quantitative estimate of drug-likeness (QED) is 0.0344. The topological polar surface area (TPSA) is 78.9 Å². The van der Waals surface area contributed by atoms with E-state index in [1.165, 1.54) is 218 Å². The van der Waals surface area contributed by atoms with E-state index in [0.717, 1.165) is 57.8 Å². The molecule has 0 bridgehead atoms. The predicted molar refractivity (Wildman–Crippen MR) is 261 cm³/mol. The summed E-state index contributed by atoms with van der Waals surface area (Å²) in [5, 5.41) is 0. The molecule has 0 rings (SSSR count). The third kappa shape index (κ3) is 49.3. The monoisotopic (exact) mass is 863 g/mol. The molecule has 0 spiro atoms. The van der Waals surface area contributed by atoms with Crippen LogP contribution in [0.1, 0.15) is 316 Å². The van der Waals surface area contributed by atoms with Crippen LogP contribution >= 0.6 is 0 Å². The first-order valence-electron chi connectivity index (χ1n) is 27.5. The Balaban J connectivity index is 4.17. The van der Waals surface area contributed by atoms with Crippen molar-refractivity contribution in [2.75, 3.05) is 13.2 Å². The van der Waals surface area contributed by atoms with Crippen LogP contribution in [0.4, 0.5) is 0 Å². The molecule has 0 unspecified atom stereocenters. The Hall–Kier alpha value is -1.59. The van der Waals surface area contributed by atoms with Crippen LogP contribution in [-0.4, -0.2) is 37.2 Å². The molecular weight excluding hydrogens is 757 g/mol. The van der Waals surface area contributed by atoms with Gasteiger partial charge in [-0.25, -0.2) is 0 Å². The van der Waals surface area contributed by atoms with Crippen molar-refractivity contribution in [3.63, 3.8) is 0 Å². The van der Waals surface area contributed by atoms with Crippen LogP contribution in [0, 0.1) is 0 Å². The number of carbonyl (C=O) groups is 3. The zero-order valence-corrected chi connectivity index (χ0v) is 41.5. The predicted octanol–water partition coefficient (Wildman–Crippen LogP) is 18.0. The van der Waals surface area contributed by atoms with Crippen LogP contribution in [0.25, 0.3) is 0 Å². The largest absolute Gasteiger partial charge is 0.462 e. The molecule has 0 radical (unpaired) electrons. The van der Waals surface area contributed by atoms with Gasteiger partial charge in [0.15, 0.2) is 6.10 Å². The van der Waals surface area contributed by atoms with Crippen molar-refractivity contribution in [1.29, 1.82) is 0 Å². The Labute approximate surface area is 380 Å². The van der Waals surface area contributed by atoms with E-state index < -0.39 is 6.10 Å². The first-order chi connectivity index (χ1) is 30.0. The zero-order valence-electron chi connectivity index (χ0n) is 41.5. The van der Waals surface area contributed by atoms with E-state index in [4.69, 9.17) is 14.2 Å². The van der Waals surface area contributed by atoms with Crippen molar-refractivity contribution in [3.8, 4) is 0 Å². The summed E-state index contributed by atoms with van der Waals surface area (Å²) in [5.74, 6) is -0.840. The van der Waals surface area contributed by atoms with Crippen LogP contribution in [0.3, 0.4) is 0 Å². The fourth-order valence-corrected chi connectivity index (χ4v) is 8.45. The lowest BCUT2D eigenvalue weighted by molar-refractivity contribution is -0.167. The van der Waals surface area contributed by atoms with Gasteiger partial charge in [0, 0.05) is 19.3 Å². The number of hydrogen-bond donors (Lipinski definition) is 0. The highest BCUT2D eigenvalue weighted by atomic mass is 16.6. The lowest BCUT2D eigenvalue weighted by Gasteiger charge is -2.18. The minimum atomic E-state index is -0.759. The van der Waals surface area contributed by atoms with E-state index in [-0.39, 0.29) is 31.1 Å². The summed E-state index contributed by atoms with van der Waals surface area (Å²) < 4.78 is 16.8. The number of carbonyl (C=O) groups excluding carboxylic acids is 3. The van der Waals surface area contributed by atoms with E-state index in [1.807, 2.05) is 0 Å². The molecule has 0 amide bonds. The summed E-state index contributed by atoms with van der Waals surface area (Å²) in [6.07, 6.45) is 55.3. The molecule has 0 N–H and O–H groups in total. The second kappa shape index (κ2) is 51.0. The third-order valence-electron chi connectivity index (χ3n) is 12.6. The van der Waals surface area contributed by atoms with Crippen molar-refractivity contribution >= 4 is 17.9 Å². The molecule has 0 aliphatic rings. The molecular formula is C55H106O6. The van der Waals surface area contributed by atoms with Crippen molar-refractivity contribution in [2.45, 2.75) is 322 Å². The Morgan fingerprint density at radius 2 is 0.443 bits per heavy atom. The molecule has 0 aliphatic heterocycles. The number of rotatable bonds is 51. The molecule has 0 heterocycles. The molecule has 6 heteroatoms. The fourth-order valence-electron chi connectivity index (χ4n) is 8.45. The Bertz CT molecular complexity index is 905. The molecule has 0 saturated heterocycles. The fraction of sp³-hybridized carbons (Fsp3) is 0.945. The van der Waals surface area contributed by atoms with E-state index in [2.05, 4.69) is 20.8 Å². The van der Waals surface area contributed by atoms with E-state index in [9.17, 15) is 14.4 Å². The van der Waals surface area contributed by atoms with Crippen molar-refractivity contribution < 1.29 is 28.6 Å². The van der Waals surface area contributed by atoms with Gasteiger partial charge in [-0.3, -0.25) is 14.4 Å². The lowest BCUT2D eigenvalue weighted by atomic mass is 10.0. The van der Waals surface area contributed by atoms with Crippen LogP contribution in [-0.2, 0) is 28.6 Å². The summed E-state index contributed by atoms with van der Waals surface area (Å²) in [6.45, 7) is 6.68. The SMILES string of the molecule is CCCCCCCCCCCCCCCCCCCCCCCC(=O)OC[C@H](COC(=O)CCCCCCCCCCCCC)OC(=O)CCCCCCCCCCCCC. The van der Waals surface area contributed by atoms with Gasteiger partial charge in [0.1, 0.15) is 13.2 Å². The molecule has 0 aliphatic carbocycles. The molecule has 1 atom stereocenters. The van der Waals surface area contributed by atoms with Gasteiger partial charge < -0.3 is 14.2 Å². The number of unbranched alkanes of at least 4 members (excludes halogenated alkanes) is 40. The average molecular weight is 863 g/mol. The van der Waals surface area contributed by atoms with Gasteiger partial charge in [0.2, 0.25) is 0 Å². The maximum absolute atomic E-state index is 12.8. The maximum Gasteiger partial charge on any atom is 0.306 e. The second-order valence-corrected chi connectivity index (χ2v) is 18.9. The van der Waals surface area contributed by atoms with Gasteiger partial charge >= 0.3 is 17.9 Å². The Kier molecular flexibility index (Phi) is 49.7. The molecule has 0 aromatic carbocycles. The molecule has 6 nitrogen and oxygen atoms in total. The summed E-state index contributed by atoms with van der Waals surface area (Å²) in [4.78, 5) is 37.9. The highest BCUT2D eigenvalue weighted by molar-refractivity contribution is 5.71. The second-order valence-electron chi connectivity index (χ2n) is 18.9. The van der Waals surface area contributed by atoms with E-state index in [0.29, 0.717) is 19.3 Å². The highest BCUT2D eigenvalue weighted by Gasteiger charge is 2.19. The van der Waals surface area contributed by atoms with Crippen LogP contribution in [0.15, 0.2) is 0 Å². The molecule has 0 saturated carbocycles. The maximum atomic E-state index is 12.8. The molecule has 0 aromatic rings. The van der Waals surface area contributed by atoms with E-state index >= 15 is 0 Å². The zero-order chi connectivity index (χ0) is 44.4.